The third-order valence-corrected chi connectivity index (χ3v) is 3.90. The van der Waals surface area contributed by atoms with Gasteiger partial charge < -0.3 is 15.3 Å². The SMILES string of the molecule is NC(Cc1cc(Br)c(Sc2ncccn2)o1)C(=O)O. The molecule has 19 heavy (non-hydrogen) atoms. The summed E-state index contributed by atoms with van der Waals surface area (Å²) in [6.07, 6.45) is 3.39. The average molecular weight is 344 g/mol. The van der Waals surface area contributed by atoms with Crippen LogP contribution < -0.4 is 5.73 Å². The molecule has 2 rings (SSSR count). The summed E-state index contributed by atoms with van der Waals surface area (Å²) in [5.74, 6) is -0.562. The standard InChI is InChI=1S/C11H10BrN3O3S/c12-7-4-6(5-8(13)9(16)17)18-10(7)19-11-14-2-1-3-15-11/h1-4,8H,5,13H2,(H,16,17). The van der Waals surface area contributed by atoms with E-state index in [2.05, 4.69) is 25.9 Å². The lowest BCUT2D eigenvalue weighted by atomic mass is 10.2. The van der Waals surface area contributed by atoms with Gasteiger partial charge in [-0.1, -0.05) is 0 Å². The number of carboxylic acid groups (broad SMARTS) is 1. The first-order valence-corrected chi connectivity index (χ1v) is 6.88. The lowest BCUT2D eigenvalue weighted by Gasteiger charge is -2.02. The number of nitrogens with two attached hydrogens (primary N) is 1. The van der Waals surface area contributed by atoms with Gasteiger partial charge in [0.25, 0.3) is 0 Å². The summed E-state index contributed by atoms with van der Waals surface area (Å²) in [6, 6.07) is 2.44. The second-order valence-electron chi connectivity index (χ2n) is 3.63. The number of hydrogen-bond donors (Lipinski definition) is 2. The largest absolute Gasteiger partial charge is 0.480 e. The molecule has 0 aliphatic carbocycles. The molecule has 2 heterocycles. The van der Waals surface area contributed by atoms with Crippen LogP contribution in [0.5, 0.6) is 0 Å². The highest BCUT2D eigenvalue weighted by molar-refractivity contribution is 9.10. The molecule has 8 heteroatoms. The van der Waals surface area contributed by atoms with Crippen molar-refractivity contribution in [2.24, 2.45) is 5.73 Å². The van der Waals surface area contributed by atoms with Crippen LogP contribution in [0.1, 0.15) is 5.76 Å². The van der Waals surface area contributed by atoms with Crippen molar-refractivity contribution in [3.8, 4) is 0 Å². The van der Waals surface area contributed by atoms with Gasteiger partial charge in [0, 0.05) is 18.8 Å². The zero-order chi connectivity index (χ0) is 13.8. The molecule has 6 nitrogen and oxygen atoms in total. The number of halogens is 1. The van der Waals surface area contributed by atoms with E-state index in [0.29, 0.717) is 16.0 Å². The molecule has 0 spiro atoms. The van der Waals surface area contributed by atoms with Crippen LogP contribution in [0.4, 0.5) is 0 Å². The topological polar surface area (TPSA) is 102 Å². The van der Waals surface area contributed by atoms with Gasteiger partial charge in [0.2, 0.25) is 0 Å². The molecule has 0 saturated heterocycles. The fraction of sp³-hybridized carbons (Fsp3) is 0.182. The van der Waals surface area contributed by atoms with Gasteiger partial charge >= 0.3 is 5.97 Å². The Morgan fingerprint density at radius 3 is 2.84 bits per heavy atom. The second kappa shape index (κ2) is 6.18. The van der Waals surface area contributed by atoms with Gasteiger partial charge in [-0.15, -0.1) is 0 Å². The van der Waals surface area contributed by atoms with Crippen molar-refractivity contribution in [2.75, 3.05) is 0 Å². The van der Waals surface area contributed by atoms with Crippen LogP contribution >= 0.6 is 27.7 Å². The highest BCUT2D eigenvalue weighted by atomic mass is 79.9. The van der Waals surface area contributed by atoms with Crippen LogP contribution in [-0.2, 0) is 11.2 Å². The molecule has 0 radical (unpaired) electrons. The Labute approximate surface area is 121 Å². The van der Waals surface area contributed by atoms with Crippen molar-refractivity contribution < 1.29 is 14.3 Å². The second-order valence-corrected chi connectivity index (χ2v) is 5.42. The van der Waals surface area contributed by atoms with Crippen molar-refractivity contribution in [3.63, 3.8) is 0 Å². The van der Waals surface area contributed by atoms with Crippen LogP contribution in [0, 0.1) is 0 Å². The summed E-state index contributed by atoms with van der Waals surface area (Å²) in [4.78, 5) is 18.8. The molecular weight excluding hydrogens is 334 g/mol. The maximum atomic E-state index is 10.7. The smallest absolute Gasteiger partial charge is 0.320 e. The van der Waals surface area contributed by atoms with E-state index in [4.69, 9.17) is 15.3 Å². The van der Waals surface area contributed by atoms with Gasteiger partial charge in [0.1, 0.15) is 11.8 Å². The Kier molecular flexibility index (Phi) is 4.56. The summed E-state index contributed by atoms with van der Waals surface area (Å²) < 4.78 is 6.25. The number of nitrogens with zero attached hydrogens (tertiary/aromatic N) is 2. The molecule has 0 aromatic carbocycles. The summed E-state index contributed by atoms with van der Waals surface area (Å²) >= 11 is 4.59. The number of furan rings is 1. The lowest BCUT2D eigenvalue weighted by Crippen LogP contribution is -2.32. The maximum Gasteiger partial charge on any atom is 0.320 e. The molecule has 0 amide bonds. The Morgan fingerprint density at radius 2 is 2.21 bits per heavy atom. The molecule has 100 valence electrons. The van der Waals surface area contributed by atoms with E-state index in [1.54, 1.807) is 24.5 Å². The molecule has 3 N–H and O–H groups in total. The van der Waals surface area contributed by atoms with Crippen LogP contribution in [0.15, 0.2) is 43.7 Å². The average Bonchev–Trinajstić information content (AvgIpc) is 2.71. The molecule has 2 aromatic heterocycles. The first-order valence-electron chi connectivity index (χ1n) is 5.27. The molecule has 1 atom stereocenters. The van der Waals surface area contributed by atoms with Crippen LogP contribution in [0.25, 0.3) is 0 Å². The monoisotopic (exact) mass is 343 g/mol. The first-order chi connectivity index (χ1) is 9.06. The number of rotatable bonds is 5. The van der Waals surface area contributed by atoms with Crippen LogP contribution in [-0.4, -0.2) is 27.1 Å². The number of carbonyl (C=O) groups is 1. The lowest BCUT2D eigenvalue weighted by molar-refractivity contribution is -0.138. The Bertz CT molecular complexity index is 576. The molecule has 0 aliphatic heterocycles. The van der Waals surface area contributed by atoms with Gasteiger partial charge in [0.05, 0.1) is 4.47 Å². The molecule has 1 unspecified atom stereocenters. The summed E-state index contributed by atoms with van der Waals surface area (Å²) in [6.45, 7) is 0. The predicted octanol–water partition coefficient (Wildman–Crippen LogP) is 1.94. The van der Waals surface area contributed by atoms with Gasteiger partial charge in [-0.25, -0.2) is 9.97 Å². The van der Waals surface area contributed by atoms with E-state index >= 15 is 0 Å². The normalized spacial score (nSPS) is 12.3. The van der Waals surface area contributed by atoms with E-state index in [1.165, 1.54) is 11.8 Å². The van der Waals surface area contributed by atoms with Crippen molar-refractivity contribution in [1.82, 2.24) is 9.97 Å². The zero-order valence-corrected chi connectivity index (χ0v) is 12.0. The van der Waals surface area contributed by atoms with Crippen molar-refractivity contribution in [2.45, 2.75) is 22.7 Å². The van der Waals surface area contributed by atoms with Gasteiger partial charge in [0.15, 0.2) is 10.2 Å². The number of aromatic nitrogens is 2. The highest BCUT2D eigenvalue weighted by Gasteiger charge is 2.17. The molecular formula is C11H10BrN3O3S. The predicted molar refractivity (Wildman–Crippen MR) is 71.9 cm³/mol. The minimum atomic E-state index is -1.06. The Balaban J connectivity index is 2.11. The Hall–Kier alpha value is -1.38. The molecule has 0 bridgehead atoms. The summed E-state index contributed by atoms with van der Waals surface area (Å²) in [5.41, 5.74) is 5.45. The minimum absolute atomic E-state index is 0.129. The summed E-state index contributed by atoms with van der Waals surface area (Å²) in [5, 5.41) is 9.87. The van der Waals surface area contributed by atoms with Crippen molar-refractivity contribution in [3.05, 3.63) is 34.8 Å². The van der Waals surface area contributed by atoms with E-state index < -0.39 is 12.0 Å². The van der Waals surface area contributed by atoms with Gasteiger partial charge in [-0.05, 0) is 39.8 Å². The van der Waals surface area contributed by atoms with Crippen molar-refractivity contribution in [1.29, 1.82) is 0 Å². The number of hydrogen-bond acceptors (Lipinski definition) is 6. The van der Waals surface area contributed by atoms with Crippen LogP contribution in [0.2, 0.25) is 0 Å². The minimum Gasteiger partial charge on any atom is -0.480 e. The third-order valence-electron chi connectivity index (χ3n) is 2.17. The number of aliphatic carboxylic acids is 1. The molecule has 0 fully saturated rings. The van der Waals surface area contributed by atoms with E-state index in [9.17, 15) is 4.79 Å². The zero-order valence-electron chi connectivity index (χ0n) is 9.62. The van der Waals surface area contributed by atoms with E-state index in [1.807, 2.05) is 0 Å². The molecule has 0 aliphatic rings. The summed E-state index contributed by atoms with van der Waals surface area (Å²) in [7, 11) is 0. The van der Waals surface area contributed by atoms with Crippen molar-refractivity contribution >= 4 is 33.7 Å². The van der Waals surface area contributed by atoms with E-state index in [0.717, 1.165) is 4.47 Å². The fourth-order valence-corrected chi connectivity index (χ4v) is 2.57. The third kappa shape index (κ3) is 3.79. The molecule has 0 saturated carbocycles. The van der Waals surface area contributed by atoms with Gasteiger partial charge in [-0.2, -0.15) is 0 Å². The Morgan fingerprint density at radius 1 is 1.53 bits per heavy atom. The first kappa shape index (κ1) is 14.0. The maximum absolute atomic E-state index is 10.7. The highest BCUT2D eigenvalue weighted by Crippen LogP contribution is 2.34. The molecule has 2 aromatic rings. The van der Waals surface area contributed by atoms with Gasteiger partial charge in [-0.3, -0.25) is 4.79 Å². The van der Waals surface area contributed by atoms with E-state index in [-0.39, 0.29) is 6.42 Å². The number of carboxylic acids is 1. The van der Waals surface area contributed by atoms with Crippen LogP contribution in [0.3, 0.4) is 0 Å². The quantitative estimate of drug-likeness (QED) is 0.799. The fourth-order valence-electron chi connectivity index (χ4n) is 1.29.